The van der Waals surface area contributed by atoms with Gasteiger partial charge in [-0.1, -0.05) is 0 Å². The van der Waals surface area contributed by atoms with Crippen molar-refractivity contribution >= 4 is 17.2 Å². The van der Waals surface area contributed by atoms with Crippen LogP contribution in [0, 0.1) is 0 Å². The summed E-state index contributed by atoms with van der Waals surface area (Å²) in [4.78, 5) is 17.8. The zero-order valence-corrected chi connectivity index (χ0v) is 9.84. The van der Waals surface area contributed by atoms with Crippen LogP contribution in [0.3, 0.4) is 0 Å². The minimum atomic E-state index is 0.0324. The standard InChI is InChI=1S/C10H16N2OS/c1-7(2)12(8(3)4)10(13)9-11-5-6-14-9/h5-8H,1-4H3. The molecule has 1 heterocycles. The number of rotatable bonds is 3. The van der Waals surface area contributed by atoms with E-state index in [1.165, 1.54) is 11.3 Å². The Morgan fingerprint density at radius 1 is 1.36 bits per heavy atom. The summed E-state index contributed by atoms with van der Waals surface area (Å²) < 4.78 is 0. The van der Waals surface area contributed by atoms with Crippen molar-refractivity contribution in [3.8, 4) is 0 Å². The number of hydrogen-bond acceptors (Lipinski definition) is 3. The summed E-state index contributed by atoms with van der Waals surface area (Å²) in [5.41, 5.74) is 0. The van der Waals surface area contributed by atoms with Gasteiger partial charge < -0.3 is 4.90 Å². The minimum Gasteiger partial charge on any atom is -0.332 e. The molecule has 0 saturated heterocycles. The molecule has 0 unspecified atom stereocenters. The SMILES string of the molecule is CC(C)N(C(=O)c1nccs1)C(C)C. The molecule has 1 amide bonds. The van der Waals surface area contributed by atoms with Gasteiger partial charge in [-0.05, 0) is 27.7 Å². The lowest BCUT2D eigenvalue weighted by Crippen LogP contribution is -2.41. The Labute approximate surface area is 88.8 Å². The van der Waals surface area contributed by atoms with Gasteiger partial charge in [-0.25, -0.2) is 4.98 Å². The molecule has 0 aliphatic heterocycles. The second-order valence-electron chi connectivity index (χ2n) is 3.74. The molecule has 0 saturated carbocycles. The van der Waals surface area contributed by atoms with Crippen molar-refractivity contribution in [2.75, 3.05) is 0 Å². The first-order valence-corrected chi connectivity index (χ1v) is 5.64. The van der Waals surface area contributed by atoms with Gasteiger partial charge in [0.1, 0.15) is 0 Å². The summed E-state index contributed by atoms with van der Waals surface area (Å²) in [5.74, 6) is 0.0324. The number of carbonyl (C=O) groups is 1. The van der Waals surface area contributed by atoms with E-state index in [2.05, 4.69) is 4.98 Å². The number of amides is 1. The van der Waals surface area contributed by atoms with E-state index >= 15 is 0 Å². The molecule has 0 atom stereocenters. The molecule has 0 N–H and O–H groups in total. The normalized spacial score (nSPS) is 11.0. The lowest BCUT2D eigenvalue weighted by Gasteiger charge is -2.29. The number of nitrogens with zero attached hydrogens (tertiary/aromatic N) is 2. The molecule has 1 aromatic rings. The third-order valence-corrected chi connectivity index (χ3v) is 2.72. The average molecular weight is 212 g/mol. The number of aromatic nitrogens is 1. The summed E-state index contributed by atoms with van der Waals surface area (Å²) in [7, 11) is 0. The Bertz CT molecular complexity index is 285. The quantitative estimate of drug-likeness (QED) is 0.771. The first-order valence-electron chi connectivity index (χ1n) is 4.76. The number of hydrogen-bond donors (Lipinski definition) is 0. The predicted octanol–water partition coefficient (Wildman–Crippen LogP) is 2.40. The molecule has 14 heavy (non-hydrogen) atoms. The molecule has 0 fully saturated rings. The fourth-order valence-electron chi connectivity index (χ4n) is 1.50. The molecular weight excluding hydrogens is 196 g/mol. The zero-order valence-electron chi connectivity index (χ0n) is 9.02. The molecule has 78 valence electrons. The van der Waals surface area contributed by atoms with Crippen LogP contribution in [-0.2, 0) is 0 Å². The van der Waals surface area contributed by atoms with Crippen LogP contribution in [0.4, 0.5) is 0 Å². The van der Waals surface area contributed by atoms with Crippen molar-refractivity contribution in [1.82, 2.24) is 9.88 Å². The molecule has 1 aromatic heterocycles. The van der Waals surface area contributed by atoms with E-state index in [1.54, 1.807) is 6.20 Å². The fraction of sp³-hybridized carbons (Fsp3) is 0.600. The fourth-order valence-corrected chi connectivity index (χ4v) is 2.08. The van der Waals surface area contributed by atoms with Crippen LogP contribution in [0.15, 0.2) is 11.6 Å². The average Bonchev–Trinajstić information content (AvgIpc) is 2.53. The first-order chi connectivity index (χ1) is 6.54. The molecule has 4 heteroatoms. The van der Waals surface area contributed by atoms with Gasteiger partial charge in [-0.3, -0.25) is 4.79 Å². The molecule has 0 spiro atoms. The second-order valence-corrected chi connectivity index (χ2v) is 4.63. The molecule has 0 radical (unpaired) electrons. The first kappa shape index (κ1) is 11.2. The van der Waals surface area contributed by atoms with Crippen LogP contribution in [-0.4, -0.2) is 27.9 Å². The van der Waals surface area contributed by atoms with Crippen LogP contribution in [0.5, 0.6) is 0 Å². The Balaban J connectivity index is 2.85. The summed E-state index contributed by atoms with van der Waals surface area (Å²) in [6, 6.07) is 0.429. The third-order valence-electron chi connectivity index (χ3n) is 1.96. The van der Waals surface area contributed by atoms with Gasteiger partial charge in [0.2, 0.25) is 0 Å². The van der Waals surface area contributed by atoms with Gasteiger partial charge in [0.25, 0.3) is 5.91 Å². The Morgan fingerprint density at radius 2 is 1.93 bits per heavy atom. The van der Waals surface area contributed by atoms with Gasteiger partial charge in [0, 0.05) is 23.7 Å². The highest BCUT2D eigenvalue weighted by Crippen LogP contribution is 2.13. The highest BCUT2D eigenvalue weighted by Gasteiger charge is 2.22. The van der Waals surface area contributed by atoms with Gasteiger partial charge in [0.15, 0.2) is 5.01 Å². The van der Waals surface area contributed by atoms with Gasteiger partial charge >= 0.3 is 0 Å². The summed E-state index contributed by atoms with van der Waals surface area (Å²) in [6.45, 7) is 8.08. The lowest BCUT2D eigenvalue weighted by atomic mass is 10.2. The largest absolute Gasteiger partial charge is 0.332 e. The van der Waals surface area contributed by atoms with E-state index in [1.807, 2.05) is 38.0 Å². The summed E-state index contributed by atoms with van der Waals surface area (Å²) >= 11 is 1.39. The zero-order chi connectivity index (χ0) is 10.7. The number of thiazole rings is 1. The van der Waals surface area contributed by atoms with E-state index < -0.39 is 0 Å². The van der Waals surface area contributed by atoms with E-state index in [-0.39, 0.29) is 18.0 Å². The maximum Gasteiger partial charge on any atom is 0.283 e. The molecular formula is C10H16N2OS. The van der Waals surface area contributed by atoms with Crippen molar-refractivity contribution in [2.45, 2.75) is 39.8 Å². The Hall–Kier alpha value is -0.900. The molecule has 0 aromatic carbocycles. The van der Waals surface area contributed by atoms with Gasteiger partial charge in [0.05, 0.1) is 0 Å². The summed E-state index contributed by atoms with van der Waals surface area (Å²) in [5, 5.41) is 2.40. The van der Waals surface area contributed by atoms with Crippen molar-refractivity contribution in [3.05, 3.63) is 16.6 Å². The van der Waals surface area contributed by atoms with Gasteiger partial charge in [-0.15, -0.1) is 11.3 Å². The second kappa shape index (κ2) is 4.55. The topological polar surface area (TPSA) is 33.2 Å². The molecule has 0 aliphatic carbocycles. The van der Waals surface area contributed by atoms with Crippen LogP contribution in [0.2, 0.25) is 0 Å². The molecule has 3 nitrogen and oxygen atoms in total. The van der Waals surface area contributed by atoms with E-state index in [0.717, 1.165) is 0 Å². The maximum atomic E-state index is 12.0. The van der Waals surface area contributed by atoms with E-state index in [9.17, 15) is 4.79 Å². The van der Waals surface area contributed by atoms with Crippen molar-refractivity contribution in [3.63, 3.8) is 0 Å². The minimum absolute atomic E-state index is 0.0324. The smallest absolute Gasteiger partial charge is 0.283 e. The molecule has 0 bridgehead atoms. The van der Waals surface area contributed by atoms with Crippen molar-refractivity contribution in [1.29, 1.82) is 0 Å². The molecule has 1 rings (SSSR count). The Morgan fingerprint density at radius 3 is 2.29 bits per heavy atom. The Kier molecular flexibility index (Phi) is 3.63. The number of carbonyl (C=O) groups excluding carboxylic acids is 1. The molecule has 0 aliphatic rings. The van der Waals surface area contributed by atoms with Crippen LogP contribution >= 0.6 is 11.3 Å². The monoisotopic (exact) mass is 212 g/mol. The van der Waals surface area contributed by atoms with E-state index in [4.69, 9.17) is 0 Å². The van der Waals surface area contributed by atoms with Crippen LogP contribution < -0.4 is 0 Å². The van der Waals surface area contributed by atoms with Crippen LogP contribution in [0.1, 0.15) is 37.5 Å². The third kappa shape index (κ3) is 2.32. The van der Waals surface area contributed by atoms with Crippen molar-refractivity contribution in [2.24, 2.45) is 0 Å². The predicted molar refractivity (Wildman–Crippen MR) is 58.6 cm³/mol. The highest BCUT2D eigenvalue weighted by atomic mass is 32.1. The summed E-state index contributed by atoms with van der Waals surface area (Å²) in [6.07, 6.45) is 1.66. The highest BCUT2D eigenvalue weighted by molar-refractivity contribution is 7.11. The van der Waals surface area contributed by atoms with Crippen molar-refractivity contribution < 1.29 is 4.79 Å². The van der Waals surface area contributed by atoms with E-state index in [0.29, 0.717) is 5.01 Å². The van der Waals surface area contributed by atoms with Gasteiger partial charge in [-0.2, -0.15) is 0 Å². The maximum absolute atomic E-state index is 12.0. The lowest BCUT2D eigenvalue weighted by molar-refractivity contribution is 0.0643. The van der Waals surface area contributed by atoms with Crippen LogP contribution in [0.25, 0.3) is 0 Å².